The zero-order valence-corrected chi connectivity index (χ0v) is 11.7. The number of fused-ring (bicyclic) bond motifs is 1. The number of benzene rings is 1. The molecule has 0 saturated carbocycles. The van der Waals surface area contributed by atoms with Gasteiger partial charge in [-0.15, -0.1) is 0 Å². The van der Waals surface area contributed by atoms with Gasteiger partial charge in [0.1, 0.15) is 0 Å². The predicted octanol–water partition coefficient (Wildman–Crippen LogP) is 1.43. The minimum atomic E-state index is -0.547. The molecule has 1 aromatic carbocycles. The molecule has 1 unspecified atom stereocenters. The minimum absolute atomic E-state index is 0.0140. The highest BCUT2D eigenvalue weighted by atomic mass is 16.4. The lowest BCUT2D eigenvalue weighted by atomic mass is 10.0. The average Bonchev–Trinajstić information content (AvgIpc) is 2.85. The van der Waals surface area contributed by atoms with Crippen molar-refractivity contribution in [3.63, 3.8) is 0 Å². The van der Waals surface area contributed by atoms with E-state index in [1.807, 2.05) is 19.1 Å². The van der Waals surface area contributed by atoms with Gasteiger partial charge >= 0.3 is 0 Å². The van der Waals surface area contributed by atoms with Gasteiger partial charge in [-0.05, 0) is 30.4 Å². The highest BCUT2D eigenvalue weighted by Crippen LogP contribution is 2.22. The molecule has 1 aromatic rings. The molecule has 1 amide bonds. The summed E-state index contributed by atoms with van der Waals surface area (Å²) in [4.78, 5) is 12.3. The Bertz CT molecular complexity index is 489. The largest absolute Gasteiger partial charge is 0.409 e. The van der Waals surface area contributed by atoms with E-state index in [2.05, 4.69) is 22.6 Å². The van der Waals surface area contributed by atoms with Gasteiger partial charge in [0.2, 0.25) is 5.91 Å². The molecule has 0 aliphatic heterocycles. The molecule has 0 saturated heterocycles. The highest BCUT2D eigenvalue weighted by molar-refractivity contribution is 6.02. The minimum Gasteiger partial charge on any atom is -0.409 e. The van der Waals surface area contributed by atoms with Crippen molar-refractivity contribution < 1.29 is 10.0 Å². The van der Waals surface area contributed by atoms with Gasteiger partial charge in [0.15, 0.2) is 5.84 Å². The molecule has 4 N–H and O–H groups in total. The second-order valence-corrected chi connectivity index (χ2v) is 5.25. The van der Waals surface area contributed by atoms with Crippen LogP contribution < -0.4 is 11.1 Å². The Kier molecular flexibility index (Phi) is 4.61. The van der Waals surface area contributed by atoms with E-state index in [0.717, 1.165) is 19.3 Å². The maximum absolute atomic E-state index is 12.3. The fourth-order valence-electron chi connectivity index (χ4n) is 2.73. The summed E-state index contributed by atoms with van der Waals surface area (Å²) in [5.41, 5.74) is 8.17. The Labute approximate surface area is 118 Å². The normalized spacial score (nSPS) is 16.8. The van der Waals surface area contributed by atoms with Crippen molar-refractivity contribution in [1.82, 2.24) is 5.32 Å². The molecule has 0 bridgehead atoms. The van der Waals surface area contributed by atoms with Crippen LogP contribution in [0, 0.1) is 5.92 Å². The number of oxime groups is 1. The molecule has 5 heteroatoms. The zero-order valence-electron chi connectivity index (χ0n) is 11.7. The second-order valence-electron chi connectivity index (χ2n) is 5.25. The SMILES string of the molecule is CCCC(C(=O)NC1Cc2ccccc2C1)/C(N)=N/O. The van der Waals surface area contributed by atoms with Crippen LogP contribution >= 0.6 is 0 Å². The summed E-state index contributed by atoms with van der Waals surface area (Å²) >= 11 is 0. The highest BCUT2D eigenvalue weighted by Gasteiger charge is 2.27. The van der Waals surface area contributed by atoms with Gasteiger partial charge in [-0.25, -0.2) is 0 Å². The number of hydrogen-bond acceptors (Lipinski definition) is 3. The Morgan fingerprint density at radius 3 is 2.55 bits per heavy atom. The molecular formula is C15H21N3O2. The van der Waals surface area contributed by atoms with E-state index in [-0.39, 0.29) is 17.8 Å². The third-order valence-corrected chi connectivity index (χ3v) is 3.76. The first kappa shape index (κ1) is 14.4. The lowest BCUT2D eigenvalue weighted by molar-refractivity contribution is -0.123. The first-order chi connectivity index (χ1) is 9.65. The summed E-state index contributed by atoms with van der Waals surface area (Å²) in [6, 6.07) is 8.31. The molecule has 108 valence electrons. The maximum atomic E-state index is 12.3. The number of carbonyl (C=O) groups is 1. The number of amidine groups is 1. The summed E-state index contributed by atoms with van der Waals surface area (Å²) in [6.45, 7) is 1.97. The number of nitrogens with one attached hydrogen (secondary N) is 1. The summed E-state index contributed by atoms with van der Waals surface area (Å²) in [5.74, 6) is -0.714. The molecule has 0 radical (unpaired) electrons. The van der Waals surface area contributed by atoms with Gasteiger partial charge in [-0.3, -0.25) is 4.79 Å². The number of nitrogens with two attached hydrogens (primary N) is 1. The lowest BCUT2D eigenvalue weighted by Gasteiger charge is -2.18. The molecule has 0 aromatic heterocycles. The van der Waals surface area contributed by atoms with Gasteiger partial charge in [0, 0.05) is 6.04 Å². The standard InChI is InChI=1S/C15H21N3O2/c1-2-5-13(14(16)18-20)15(19)17-12-8-10-6-3-4-7-11(10)9-12/h3-4,6-7,12-13,20H,2,5,8-9H2,1H3,(H2,16,18)(H,17,19). The Hall–Kier alpha value is -2.04. The summed E-state index contributed by atoms with van der Waals surface area (Å²) < 4.78 is 0. The molecule has 1 atom stereocenters. The summed E-state index contributed by atoms with van der Waals surface area (Å²) in [7, 11) is 0. The monoisotopic (exact) mass is 275 g/mol. The van der Waals surface area contributed by atoms with Crippen molar-refractivity contribution in [2.45, 2.75) is 38.6 Å². The third-order valence-electron chi connectivity index (χ3n) is 3.76. The molecule has 0 heterocycles. The third kappa shape index (κ3) is 3.10. The number of amides is 1. The first-order valence-electron chi connectivity index (χ1n) is 7.00. The van der Waals surface area contributed by atoms with Crippen molar-refractivity contribution in [2.75, 3.05) is 0 Å². The molecule has 20 heavy (non-hydrogen) atoms. The summed E-state index contributed by atoms with van der Waals surface area (Å²) in [5, 5.41) is 14.8. The molecule has 1 aliphatic rings. The van der Waals surface area contributed by atoms with E-state index in [0.29, 0.717) is 6.42 Å². The quantitative estimate of drug-likeness (QED) is 0.329. The average molecular weight is 275 g/mol. The van der Waals surface area contributed by atoms with E-state index in [1.165, 1.54) is 11.1 Å². The number of carbonyl (C=O) groups excluding carboxylic acids is 1. The van der Waals surface area contributed by atoms with Gasteiger partial charge < -0.3 is 16.3 Å². The van der Waals surface area contributed by atoms with Crippen molar-refractivity contribution in [3.05, 3.63) is 35.4 Å². The Morgan fingerprint density at radius 2 is 2.05 bits per heavy atom. The fourth-order valence-corrected chi connectivity index (χ4v) is 2.73. The van der Waals surface area contributed by atoms with Crippen LogP contribution in [0.15, 0.2) is 29.4 Å². The Balaban J connectivity index is 1.98. The summed E-state index contributed by atoms with van der Waals surface area (Å²) in [6.07, 6.45) is 3.08. The zero-order chi connectivity index (χ0) is 14.5. The molecule has 5 nitrogen and oxygen atoms in total. The molecule has 2 rings (SSSR count). The van der Waals surface area contributed by atoms with E-state index in [9.17, 15) is 4.79 Å². The van der Waals surface area contributed by atoms with Crippen LogP contribution in [0.3, 0.4) is 0 Å². The molecular weight excluding hydrogens is 254 g/mol. The Morgan fingerprint density at radius 1 is 1.45 bits per heavy atom. The van der Waals surface area contributed by atoms with Gasteiger partial charge in [-0.1, -0.05) is 42.8 Å². The van der Waals surface area contributed by atoms with E-state index in [1.54, 1.807) is 0 Å². The van der Waals surface area contributed by atoms with E-state index >= 15 is 0 Å². The number of nitrogens with zero attached hydrogens (tertiary/aromatic N) is 1. The van der Waals surface area contributed by atoms with Crippen LogP contribution in [0.1, 0.15) is 30.9 Å². The first-order valence-corrected chi connectivity index (χ1v) is 7.00. The number of rotatable bonds is 5. The van der Waals surface area contributed by atoms with E-state index in [4.69, 9.17) is 10.9 Å². The molecule has 1 aliphatic carbocycles. The van der Waals surface area contributed by atoms with Crippen LogP contribution in [-0.4, -0.2) is 23.0 Å². The van der Waals surface area contributed by atoms with E-state index < -0.39 is 5.92 Å². The van der Waals surface area contributed by atoms with Crippen LogP contribution in [0.4, 0.5) is 0 Å². The van der Waals surface area contributed by atoms with Gasteiger partial charge in [-0.2, -0.15) is 0 Å². The second kappa shape index (κ2) is 6.41. The van der Waals surface area contributed by atoms with Crippen molar-refractivity contribution >= 4 is 11.7 Å². The molecule has 0 fully saturated rings. The van der Waals surface area contributed by atoms with Gasteiger partial charge in [0.05, 0.1) is 5.92 Å². The lowest BCUT2D eigenvalue weighted by Crippen LogP contribution is -2.44. The predicted molar refractivity (Wildman–Crippen MR) is 77.6 cm³/mol. The fraction of sp³-hybridized carbons (Fsp3) is 0.467. The van der Waals surface area contributed by atoms with Crippen LogP contribution in [0.5, 0.6) is 0 Å². The molecule has 0 spiro atoms. The maximum Gasteiger partial charge on any atom is 0.231 e. The van der Waals surface area contributed by atoms with Crippen molar-refractivity contribution in [3.8, 4) is 0 Å². The van der Waals surface area contributed by atoms with Crippen LogP contribution in [0.2, 0.25) is 0 Å². The topological polar surface area (TPSA) is 87.7 Å². The van der Waals surface area contributed by atoms with Crippen molar-refractivity contribution in [1.29, 1.82) is 0 Å². The van der Waals surface area contributed by atoms with Crippen molar-refractivity contribution in [2.24, 2.45) is 16.8 Å². The van der Waals surface area contributed by atoms with Gasteiger partial charge in [0.25, 0.3) is 0 Å². The smallest absolute Gasteiger partial charge is 0.231 e. The number of hydrogen-bond donors (Lipinski definition) is 3. The van der Waals surface area contributed by atoms with Crippen LogP contribution in [0.25, 0.3) is 0 Å². The van der Waals surface area contributed by atoms with Crippen LogP contribution in [-0.2, 0) is 17.6 Å².